The van der Waals surface area contributed by atoms with Crippen LogP contribution in [0, 0.1) is 0 Å². The third-order valence-electron chi connectivity index (χ3n) is 4.94. The number of hydrogen-bond donors (Lipinski definition) is 2. The molecule has 1 atom stereocenters. The first-order chi connectivity index (χ1) is 14.8. The fraction of sp³-hybridized carbons (Fsp3) is 0.458. The molecule has 1 unspecified atom stereocenters. The maximum atomic E-state index is 5.80. The quantitative estimate of drug-likeness (QED) is 0.338. The van der Waals surface area contributed by atoms with Gasteiger partial charge in [0.25, 0.3) is 0 Å². The predicted molar refractivity (Wildman–Crippen MR) is 119 cm³/mol. The van der Waals surface area contributed by atoms with Crippen molar-refractivity contribution in [1.29, 1.82) is 0 Å². The van der Waals surface area contributed by atoms with Gasteiger partial charge in [0.1, 0.15) is 0 Å². The Hall–Kier alpha value is -2.41. The molecule has 3 rings (SSSR count). The average Bonchev–Trinajstić information content (AvgIpc) is 3.31. The van der Waals surface area contributed by atoms with Crippen LogP contribution >= 0.6 is 0 Å². The summed E-state index contributed by atoms with van der Waals surface area (Å²) in [6, 6.07) is 18.7. The van der Waals surface area contributed by atoms with Crippen LogP contribution in [0.25, 0.3) is 0 Å². The fourth-order valence-corrected chi connectivity index (χ4v) is 3.19. The van der Waals surface area contributed by atoms with Gasteiger partial charge in [-0.1, -0.05) is 54.6 Å². The normalized spacial score (nSPS) is 16.6. The van der Waals surface area contributed by atoms with Crippen molar-refractivity contribution in [3.05, 3.63) is 71.3 Å². The summed E-state index contributed by atoms with van der Waals surface area (Å²) >= 11 is 0. The fourth-order valence-electron chi connectivity index (χ4n) is 3.19. The molecule has 6 heteroatoms. The molecular weight excluding hydrogens is 378 g/mol. The van der Waals surface area contributed by atoms with Gasteiger partial charge in [-0.2, -0.15) is 0 Å². The molecule has 0 saturated carbocycles. The maximum Gasteiger partial charge on any atom is 0.191 e. The molecule has 1 aliphatic heterocycles. The van der Waals surface area contributed by atoms with Crippen molar-refractivity contribution in [1.82, 2.24) is 10.6 Å². The first kappa shape index (κ1) is 22.3. The maximum absolute atomic E-state index is 5.80. The SMILES string of the molecule is CN=C(NCCCOC1CCOC1)NCc1ccc(COCc2ccccc2)cc1. The van der Waals surface area contributed by atoms with Crippen LogP contribution in [0.5, 0.6) is 0 Å². The van der Waals surface area contributed by atoms with E-state index in [0.717, 1.165) is 51.7 Å². The van der Waals surface area contributed by atoms with Gasteiger partial charge in [0.2, 0.25) is 0 Å². The lowest BCUT2D eigenvalue weighted by molar-refractivity contribution is 0.0420. The Morgan fingerprint density at radius 3 is 2.43 bits per heavy atom. The number of benzene rings is 2. The average molecular weight is 412 g/mol. The van der Waals surface area contributed by atoms with E-state index in [9.17, 15) is 0 Å². The number of nitrogens with zero attached hydrogens (tertiary/aromatic N) is 1. The second kappa shape index (κ2) is 13.0. The van der Waals surface area contributed by atoms with E-state index < -0.39 is 0 Å². The number of hydrogen-bond acceptors (Lipinski definition) is 4. The van der Waals surface area contributed by atoms with Gasteiger partial charge in [0.05, 0.1) is 25.9 Å². The molecule has 0 spiro atoms. The van der Waals surface area contributed by atoms with E-state index in [4.69, 9.17) is 14.2 Å². The number of ether oxygens (including phenoxy) is 3. The van der Waals surface area contributed by atoms with Crippen molar-refractivity contribution < 1.29 is 14.2 Å². The predicted octanol–water partition coefficient (Wildman–Crippen LogP) is 3.26. The third kappa shape index (κ3) is 8.14. The highest BCUT2D eigenvalue weighted by Gasteiger charge is 2.15. The molecule has 30 heavy (non-hydrogen) atoms. The van der Waals surface area contributed by atoms with Gasteiger partial charge in [-0.3, -0.25) is 4.99 Å². The van der Waals surface area contributed by atoms with Crippen LogP contribution in [0.15, 0.2) is 59.6 Å². The Kier molecular flexibility index (Phi) is 9.66. The van der Waals surface area contributed by atoms with Gasteiger partial charge >= 0.3 is 0 Å². The monoisotopic (exact) mass is 411 g/mol. The molecule has 0 bridgehead atoms. The smallest absolute Gasteiger partial charge is 0.191 e. The van der Waals surface area contributed by atoms with Crippen molar-refractivity contribution in [2.75, 3.05) is 33.4 Å². The summed E-state index contributed by atoms with van der Waals surface area (Å²) < 4.78 is 16.9. The minimum atomic E-state index is 0.272. The minimum absolute atomic E-state index is 0.272. The van der Waals surface area contributed by atoms with Crippen LogP contribution in [0.4, 0.5) is 0 Å². The molecule has 0 radical (unpaired) electrons. The van der Waals surface area contributed by atoms with E-state index in [-0.39, 0.29) is 6.10 Å². The summed E-state index contributed by atoms with van der Waals surface area (Å²) in [4.78, 5) is 4.28. The second-order valence-electron chi connectivity index (χ2n) is 7.36. The zero-order valence-electron chi connectivity index (χ0n) is 17.8. The van der Waals surface area contributed by atoms with Crippen molar-refractivity contribution >= 4 is 5.96 Å². The molecule has 2 aromatic carbocycles. The first-order valence-electron chi connectivity index (χ1n) is 10.7. The zero-order chi connectivity index (χ0) is 20.9. The molecule has 162 valence electrons. The standard InChI is InChI=1S/C24H33N3O3/c1-25-24(26-13-5-14-30-23-12-15-28-19-23)27-16-20-8-10-22(11-9-20)18-29-17-21-6-3-2-4-7-21/h2-4,6-11,23H,5,12-19H2,1H3,(H2,25,26,27). The highest BCUT2D eigenvalue weighted by Crippen LogP contribution is 2.09. The van der Waals surface area contributed by atoms with E-state index in [1.54, 1.807) is 7.05 Å². The lowest BCUT2D eigenvalue weighted by Crippen LogP contribution is -2.37. The van der Waals surface area contributed by atoms with Gasteiger partial charge in [0, 0.05) is 33.4 Å². The molecule has 0 aromatic heterocycles. The molecule has 2 N–H and O–H groups in total. The molecule has 2 aromatic rings. The number of rotatable bonds is 11. The number of aliphatic imine (C=N–C) groups is 1. The minimum Gasteiger partial charge on any atom is -0.379 e. The van der Waals surface area contributed by atoms with E-state index >= 15 is 0 Å². The summed E-state index contributed by atoms with van der Waals surface area (Å²) in [5.74, 6) is 0.800. The molecule has 1 saturated heterocycles. The van der Waals surface area contributed by atoms with Crippen LogP contribution in [-0.2, 0) is 34.0 Å². The lowest BCUT2D eigenvalue weighted by Gasteiger charge is -2.13. The molecule has 0 aliphatic carbocycles. The van der Waals surface area contributed by atoms with Crippen LogP contribution in [0.2, 0.25) is 0 Å². The van der Waals surface area contributed by atoms with Crippen molar-refractivity contribution in [3.63, 3.8) is 0 Å². The number of nitrogens with one attached hydrogen (secondary N) is 2. The third-order valence-corrected chi connectivity index (χ3v) is 4.94. The Morgan fingerprint density at radius 1 is 1.00 bits per heavy atom. The highest BCUT2D eigenvalue weighted by molar-refractivity contribution is 5.79. The molecule has 1 fully saturated rings. The van der Waals surface area contributed by atoms with E-state index in [2.05, 4.69) is 52.0 Å². The van der Waals surface area contributed by atoms with E-state index in [0.29, 0.717) is 13.2 Å². The van der Waals surface area contributed by atoms with Crippen LogP contribution in [0.3, 0.4) is 0 Å². The summed E-state index contributed by atoms with van der Waals surface area (Å²) in [5.41, 5.74) is 3.57. The zero-order valence-corrected chi connectivity index (χ0v) is 17.8. The summed E-state index contributed by atoms with van der Waals surface area (Å²) in [6.45, 7) is 5.08. The molecule has 6 nitrogen and oxygen atoms in total. The highest BCUT2D eigenvalue weighted by atomic mass is 16.5. The largest absolute Gasteiger partial charge is 0.379 e. The van der Waals surface area contributed by atoms with E-state index in [1.165, 1.54) is 16.7 Å². The van der Waals surface area contributed by atoms with Gasteiger partial charge in [0.15, 0.2) is 5.96 Å². The summed E-state index contributed by atoms with van der Waals surface area (Å²) in [6.07, 6.45) is 2.22. The Labute approximate surface area is 179 Å². The van der Waals surface area contributed by atoms with Crippen LogP contribution < -0.4 is 10.6 Å². The Bertz CT molecular complexity index is 744. The van der Waals surface area contributed by atoms with Gasteiger partial charge in [-0.25, -0.2) is 0 Å². The van der Waals surface area contributed by atoms with Gasteiger partial charge in [-0.15, -0.1) is 0 Å². The van der Waals surface area contributed by atoms with Crippen molar-refractivity contribution in [2.24, 2.45) is 4.99 Å². The topological polar surface area (TPSA) is 64.1 Å². The van der Waals surface area contributed by atoms with Gasteiger partial charge in [-0.05, 0) is 29.5 Å². The van der Waals surface area contributed by atoms with Crippen LogP contribution in [0.1, 0.15) is 29.5 Å². The van der Waals surface area contributed by atoms with Gasteiger partial charge < -0.3 is 24.8 Å². The molecule has 0 amide bonds. The first-order valence-corrected chi connectivity index (χ1v) is 10.7. The molecule has 1 heterocycles. The summed E-state index contributed by atoms with van der Waals surface area (Å²) in [7, 11) is 1.79. The van der Waals surface area contributed by atoms with Crippen LogP contribution in [-0.4, -0.2) is 45.5 Å². The van der Waals surface area contributed by atoms with E-state index in [1.807, 2.05) is 18.2 Å². The molecule has 1 aliphatic rings. The van der Waals surface area contributed by atoms with Crippen molar-refractivity contribution in [3.8, 4) is 0 Å². The summed E-state index contributed by atoms with van der Waals surface area (Å²) in [5, 5.41) is 6.68. The molecular formula is C24H33N3O3. The lowest BCUT2D eigenvalue weighted by atomic mass is 10.1. The Balaban J connectivity index is 1.29. The Morgan fingerprint density at radius 2 is 1.73 bits per heavy atom. The second-order valence-corrected chi connectivity index (χ2v) is 7.36. The number of guanidine groups is 1. The van der Waals surface area contributed by atoms with Crippen molar-refractivity contribution in [2.45, 2.75) is 38.7 Å².